The summed E-state index contributed by atoms with van der Waals surface area (Å²) >= 11 is 0. The lowest BCUT2D eigenvalue weighted by Crippen LogP contribution is -2.46. The molecule has 0 aliphatic carbocycles. The van der Waals surface area contributed by atoms with Gasteiger partial charge >= 0.3 is 0 Å². The van der Waals surface area contributed by atoms with Crippen molar-refractivity contribution in [2.75, 3.05) is 13.1 Å². The maximum Gasteiger partial charge on any atom is 0.243 e. The van der Waals surface area contributed by atoms with Crippen molar-refractivity contribution in [3.05, 3.63) is 29.8 Å². The summed E-state index contributed by atoms with van der Waals surface area (Å²) in [5.74, 6) is 0.0223. The molecule has 1 aliphatic heterocycles. The maximum atomic E-state index is 12.8. The number of carbonyl (C=O) groups excluding carboxylic acids is 1. The zero-order valence-electron chi connectivity index (χ0n) is 15.0. The first-order chi connectivity index (χ1) is 11.1. The third-order valence-electron chi connectivity index (χ3n) is 4.50. The fraction of sp³-hybridized carbons (Fsp3) is 0.611. The van der Waals surface area contributed by atoms with Gasteiger partial charge in [0.05, 0.1) is 4.90 Å². The number of rotatable bonds is 4. The Balaban J connectivity index is 2.05. The van der Waals surface area contributed by atoms with Crippen LogP contribution >= 0.6 is 0 Å². The molecule has 5 nitrogen and oxygen atoms in total. The van der Waals surface area contributed by atoms with Gasteiger partial charge in [0.1, 0.15) is 0 Å². The standard InChI is InChI=1S/C18H28N2O3S/c1-5-17(21)19-15-10-12-20(13-11-15)24(22,23)16-8-6-14(7-9-16)18(2,3)4/h6-9,15H,5,10-13H2,1-4H3,(H,19,21). The number of amides is 1. The predicted molar refractivity (Wildman–Crippen MR) is 95.4 cm³/mol. The number of piperidine rings is 1. The van der Waals surface area contributed by atoms with Gasteiger partial charge in [0, 0.05) is 25.6 Å². The topological polar surface area (TPSA) is 66.5 Å². The van der Waals surface area contributed by atoms with Crippen molar-refractivity contribution in [3.63, 3.8) is 0 Å². The number of nitrogens with zero attached hydrogens (tertiary/aromatic N) is 1. The number of hydrogen-bond donors (Lipinski definition) is 1. The van der Waals surface area contributed by atoms with Crippen LogP contribution in [0.3, 0.4) is 0 Å². The van der Waals surface area contributed by atoms with E-state index in [2.05, 4.69) is 26.1 Å². The Hall–Kier alpha value is -1.40. The highest BCUT2D eigenvalue weighted by atomic mass is 32.2. The predicted octanol–water partition coefficient (Wildman–Crippen LogP) is 2.66. The molecule has 1 aromatic rings. The summed E-state index contributed by atoms with van der Waals surface area (Å²) in [6.07, 6.45) is 1.77. The fourth-order valence-corrected chi connectivity index (χ4v) is 4.32. The average Bonchev–Trinajstić information content (AvgIpc) is 2.54. The summed E-state index contributed by atoms with van der Waals surface area (Å²) in [4.78, 5) is 11.8. The smallest absolute Gasteiger partial charge is 0.243 e. The molecule has 134 valence electrons. The van der Waals surface area contributed by atoms with Crippen LogP contribution in [0.25, 0.3) is 0 Å². The molecule has 1 aliphatic rings. The summed E-state index contributed by atoms with van der Waals surface area (Å²) < 4.78 is 27.1. The number of sulfonamides is 1. The molecule has 1 aromatic carbocycles. The van der Waals surface area contributed by atoms with Gasteiger partial charge in [0.2, 0.25) is 15.9 Å². The van der Waals surface area contributed by atoms with E-state index in [1.165, 1.54) is 4.31 Å². The van der Waals surface area contributed by atoms with Crippen molar-refractivity contribution >= 4 is 15.9 Å². The molecular formula is C18H28N2O3S. The SMILES string of the molecule is CCC(=O)NC1CCN(S(=O)(=O)c2ccc(C(C)(C)C)cc2)CC1. The Labute approximate surface area is 145 Å². The van der Waals surface area contributed by atoms with E-state index in [9.17, 15) is 13.2 Å². The number of nitrogens with one attached hydrogen (secondary N) is 1. The quantitative estimate of drug-likeness (QED) is 0.906. The lowest BCUT2D eigenvalue weighted by atomic mass is 9.87. The van der Waals surface area contributed by atoms with E-state index in [1.807, 2.05) is 19.1 Å². The molecule has 0 radical (unpaired) electrons. The van der Waals surface area contributed by atoms with E-state index in [0.717, 1.165) is 5.56 Å². The molecule has 1 fully saturated rings. The van der Waals surface area contributed by atoms with E-state index >= 15 is 0 Å². The molecule has 2 rings (SSSR count). The van der Waals surface area contributed by atoms with E-state index in [4.69, 9.17) is 0 Å². The summed E-state index contributed by atoms with van der Waals surface area (Å²) in [7, 11) is -3.46. The van der Waals surface area contributed by atoms with Crippen LogP contribution in [0, 0.1) is 0 Å². The highest BCUT2D eigenvalue weighted by Gasteiger charge is 2.30. The zero-order chi connectivity index (χ0) is 18.0. The second-order valence-electron chi connectivity index (χ2n) is 7.37. The van der Waals surface area contributed by atoms with Crippen molar-refractivity contribution < 1.29 is 13.2 Å². The van der Waals surface area contributed by atoms with Crippen molar-refractivity contribution in [3.8, 4) is 0 Å². The number of carbonyl (C=O) groups is 1. The zero-order valence-corrected chi connectivity index (χ0v) is 15.8. The molecule has 0 aromatic heterocycles. The van der Waals surface area contributed by atoms with Crippen molar-refractivity contribution in [1.82, 2.24) is 9.62 Å². The molecule has 1 amide bonds. The second-order valence-corrected chi connectivity index (χ2v) is 9.31. The molecule has 0 bridgehead atoms. The monoisotopic (exact) mass is 352 g/mol. The number of benzene rings is 1. The fourth-order valence-electron chi connectivity index (χ4n) is 2.85. The van der Waals surface area contributed by atoms with Crippen LogP contribution in [0.5, 0.6) is 0 Å². The lowest BCUT2D eigenvalue weighted by Gasteiger charge is -2.31. The molecule has 6 heteroatoms. The Morgan fingerprint density at radius 3 is 2.17 bits per heavy atom. The maximum absolute atomic E-state index is 12.8. The van der Waals surface area contributed by atoms with Crippen LogP contribution in [0.2, 0.25) is 0 Å². The highest BCUT2D eigenvalue weighted by Crippen LogP contribution is 2.26. The number of hydrogen-bond acceptors (Lipinski definition) is 3. The first-order valence-corrected chi connectivity index (χ1v) is 9.98. The van der Waals surface area contributed by atoms with E-state index < -0.39 is 10.0 Å². The molecule has 0 atom stereocenters. The average molecular weight is 353 g/mol. The largest absolute Gasteiger partial charge is 0.353 e. The van der Waals surface area contributed by atoms with Crippen LogP contribution < -0.4 is 5.32 Å². The van der Waals surface area contributed by atoms with Crippen molar-refractivity contribution in [2.45, 2.75) is 63.3 Å². The van der Waals surface area contributed by atoms with Gasteiger partial charge in [-0.15, -0.1) is 0 Å². The summed E-state index contributed by atoms with van der Waals surface area (Å²) in [6.45, 7) is 9.01. The summed E-state index contributed by atoms with van der Waals surface area (Å²) in [6, 6.07) is 7.25. The highest BCUT2D eigenvalue weighted by molar-refractivity contribution is 7.89. The Kier molecular flexibility index (Phi) is 5.71. The minimum absolute atomic E-state index is 0.00186. The van der Waals surface area contributed by atoms with E-state index in [0.29, 0.717) is 37.2 Å². The van der Waals surface area contributed by atoms with Gasteiger partial charge in [-0.1, -0.05) is 39.8 Å². The second kappa shape index (κ2) is 7.23. The van der Waals surface area contributed by atoms with Gasteiger partial charge in [-0.25, -0.2) is 8.42 Å². The van der Waals surface area contributed by atoms with Crippen LogP contribution in [0.1, 0.15) is 52.5 Å². The van der Waals surface area contributed by atoms with Crippen LogP contribution in [0.4, 0.5) is 0 Å². The Morgan fingerprint density at radius 2 is 1.71 bits per heavy atom. The first kappa shape index (κ1) is 18.9. The molecule has 1 N–H and O–H groups in total. The van der Waals surface area contributed by atoms with E-state index in [1.54, 1.807) is 12.1 Å². The van der Waals surface area contributed by atoms with Crippen LogP contribution in [-0.4, -0.2) is 37.8 Å². The minimum Gasteiger partial charge on any atom is -0.353 e. The third-order valence-corrected chi connectivity index (χ3v) is 6.41. The van der Waals surface area contributed by atoms with Crippen molar-refractivity contribution in [2.24, 2.45) is 0 Å². The molecule has 0 spiro atoms. The lowest BCUT2D eigenvalue weighted by molar-refractivity contribution is -0.121. The molecular weight excluding hydrogens is 324 g/mol. The Morgan fingerprint density at radius 1 is 1.17 bits per heavy atom. The third kappa shape index (κ3) is 4.36. The van der Waals surface area contributed by atoms with Gasteiger partial charge in [0.15, 0.2) is 0 Å². The van der Waals surface area contributed by atoms with Gasteiger partial charge in [-0.3, -0.25) is 4.79 Å². The van der Waals surface area contributed by atoms with Gasteiger partial charge in [-0.2, -0.15) is 4.31 Å². The van der Waals surface area contributed by atoms with Crippen LogP contribution in [-0.2, 0) is 20.2 Å². The summed E-state index contributed by atoms with van der Waals surface area (Å²) in [5.41, 5.74) is 1.11. The first-order valence-electron chi connectivity index (χ1n) is 8.54. The van der Waals surface area contributed by atoms with Gasteiger partial charge < -0.3 is 5.32 Å². The van der Waals surface area contributed by atoms with Crippen molar-refractivity contribution in [1.29, 1.82) is 0 Å². The molecule has 24 heavy (non-hydrogen) atoms. The van der Waals surface area contributed by atoms with E-state index in [-0.39, 0.29) is 17.4 Å². The molecule has 0 unspecified atom stereocenters. The molecule has 1 saturated heterocycles. The minimum atomic E-state index is -3.46. The molecule has 0 saturated carbocycles. The van der Waals surface area contributed by atoms with Gasteiger partial charge in [0.25, 0.3) is 0 Å². The normalized spacial score (nSPS) is 17.7. The Bertz CT molecular complexity index is 667. The molecule has 1 heterocycles. The summed E-state index contributed by atoms with van der Waals surface area (Å²) in [5, 5.41) is 2.94. The van der Waals surface area contributed by atoms with Gasteiger partial charge in [-0.05, 0) is 36.0 Å². The van der Waals surface area contributed by atoms with Crippen LogP contribution in [0.15, 0.2) is 29.2 Å².